The van der Waals surface area contributed by atoms with Gasteiger partial charge in [0, 0.05) is 6.54 Å². The molecule has 5 heteroatoms. The number of hydrogen-bond acceptors (Lipinski definition) is 2. The molecule has 2 amide bonds. The first-order chi connectivity index (χ1) is 9.56. The molecule has 1 heterocycles. The summed E-state index contributed by atoms with van der Waals surface area (Å²) < 4.78 is 12.8. The fourth-order valence-electron chi connectivity index (χ4n) is 3.55. The molecule has 1 saturated heterocycles. The summed E-state index contributed by atoms with van der Waals surface area (Å²) in [7, 11) is 0. The summed E-state index contributed by atoms with van der Waals surface area (Å²) in [6.07, 6.45) is 5.38. The molecular formula is C15H25FN2O2. The van der Waals surface area contributed by atoms with Gasteiger partial charge in [-0.2, -0.15) is 0 Å². The number of nitrogens with one attached hydrogen (secondary N) is 1. The summed E-state index contributed by atoms with van der Waals surface area (Å²) in [5.74, 6) is 0.00435. The molecule has 2 aliphatic rings. The molecule has 2 fully saturated rings. The SMILES string of the molecule is CC(C)C1C(=O)NC(C2CCCCC2)C(=O)N1CCF. The van der Waals surface area contributed by atoms with Crippen LogP contribution in [0.5, 0.6) is 0 Å². The molecule has 0 aromatic heterocycles. The molecule has 1 saturated carbocycles. The average molecular weight is 284 g/mol. The Morgan fingerprint density at radius 2 is 1.90 bits per heavy atom. The maximum atomic E-state index is 12.8. The highest BCUT2D eigenvalue weighted by atomic mass is 19.1. The third-order valence-corrected chi connectivity index (χ3v) is 4.53. The van der Waals surface area contributed by atoms with Crippen molar-refractivity contribution in [2.24, 2.45) is 11.8 Å². The van der Waals surface area contributed by atoms with E-state index in [1.807, 2.05) is 13.8 Å². The number of rotatable bonds is 4. The maximum absolute atomic E-state index is 12.8. The quantitative estimate of drug-likeness (QED) is 0.857. The third kappa shape index (κ3) is 2.96. The highest BCUT2D eigenvalue weighted by Crippen LogP contribution is 2.30. The van der Waals surface area contributed by atoms with Crippen LogP contribution >= 0.6 is 0 Å². The second-order valence-electron chi connectivity index (χ2n) is 6.29. The lowest BCUT2D eigenvalue weighted by Gasteiger charge is -2.43. The number of hydrogen-bond donors (Lipinski definition) is 1. The van der Waals surface area contributed by atoms with Crippen LogP contribution in [0.2, 0.25) is 0 Å². The zero-order valence-electron chi connectivity index (χ0n) is 12.4. The molecule has 2 rings (SSSR count). The molecular weight excluding hydrogens is 259 g/mol. The van der Waals surface area contributed by atoms with Gasteiger partial charge in [0.2, 0.25) is 11.8 Å². The molecule has 1 aliphatic heterocycles. The van der Waals surface area contributed by atoms with Gasteiger partial charge in [-0.05, 0) is 24.7 Å². The monoisotopic (exact) mass is 284 g/mol. The summed E-state index contributed by atoms with van der Waals surface area (Å²) in [5, 5.41) is 2.90. The van der Waals surface area contributed by atoms with E-state index in [4.69, 9.17) is 0 Å². The van der Waals surface area contributed by atoms with Gasteiger partial charge in [0.15, 0.2) is 0 Å². The number of carbonyl (C=O) groups excluding carboxylic acids is 2. The van der Waals surface area contributed by atoms with Crippen LogP contribution in [0.1, 0.15) is 46.0 Å². The van der Waals surface area contributed by atoms with E-state index in [-0.39, 0.29) is 30.2 Å². The Morgan fingerprint density at radius 3 is 2.45 bits per heavy atom. The van der Waals surface area contributed by atoms with Gasteiger partial charge in [-0.15, -0.1) is 0 Å². The fraction of sp³-hybridized carbons (Fsp3) is 0.867. The topological polar surface area (TPSA) is 49.4 Å². The molecule has 0 spiro atoms. The van der Waals surface area contributed by atoms with Crippen LogP contribution in [0.4, 0.5) is 4.39 Å². The van der Waals surface area contributed by atoms with Crippen LogP contribution in [0.25, 0.3) is 0 Å². The summed E-state index contributed by atoms with van der Waals surface area (Å²) in [4.78, 5) is 26.4. The van der Waals surface area contributed by atoms with E-state index in [1.54, 1.807) is 0 Å². The Balaban J connectivity index is 2.16. The van der Waals surface area contributed by atoms with Crippen molar-refractivity contribution < 1.29 is 14.0 Å². The second-order valence-corrected chi connectivity index (χ2v) is 6.29. The number of amides is 2. The van der Waals surface area contributed by atoms with E-state index in [0.29, 0.717) is 0 Å². The van der Waals surface area contributed by atoms with E-state index in [0.717, 1.165) is 25.7 Å². The zero-order chi connectivity index (χ0) is 14.7. The van der Waals surface area contributed by atoms with E-state index in [1.165, 1.54) is 11.3 Å². The van der Waals surface area contributed by atoms with Gasteiger partial charge < -0.3 is 10.2 Å². The Hall–Kier alpha value is -1.13. The van der Waals surface area contributed by atoms with E-state index in [2.05, 4.69) is 5.32 Å². The molecule has 0 bridgehead atoms. The molecule has 20 heavy (non-hydrogen) atoms. The number of piperazine rings is 1. The van der Waals surface area contributed by atoms with Crippen LogP contribution < -0.4 is 5.32 Å². The van der Waals surface area contributed by atoms with Gasteiger partial charge in [0.05, 0.1) is 0 Å². The minimum absolute atomic E-state index is 0.00203. The van der Waals surface area contributed by atoms with Crippen molar-refractivity contribution in [1.82, 2.24) is 10.2 Å². The first-order valence-corrected chi connectivity index (χ1v) is 7.73. The lowest BCUT2D eigenvalue weighted by atomic mass is 9.81. The highest BCUT2D eigenvalue weighted by Gasteiger charge is 2.44. The molecule has 1 N–H and O–H groups in total. The van der Waals surface area contributed by atoms with Crippen molar-refractivity contribution in [3.63, 3.8) is 0 Å². The molecule has 4 nitrogen and oxygen atoms in total. The van der Waals surface area contributed by atoms with Gasteiger partial charge in [0.1, 0.15) is 18.8 Å². The third-order valence-electron chi connectivity index (χ3n) is 4.53. The fourth-order valence-corrected chi connectivity index (χ4v) is 3.55. The lowest BCUT2D eigenvalue weighted by molar-refractivity contribution is -0.153. The van der Waals surface area contributed by atoms with Crippen LogP contribution in [-0.2, 0) is 9.59 Å². The van der Waals surface area contributed by atoms with Crippen molar-refractivity contribution in [2.75, 3.05) is 13.2 Å². The normalized spacial score (nSPS) is 28.9. The van der Waals surface area contributed by atoms with Crippen molar-refractivity contribution in [3.8, 4) is 0 Å². The smallest absolute Gasteiger partial charge is 0.246 e. The Kier molecular flexibility index (Phi) is 5.00. The number of alkyl halides is 1. The molecule has 114 valence electrons. The Labute approximate surface area is 120 Å². The number of carbonyl (C=O) groups is 2. The van der Waals surface area contributed by atoms with Crippen LogP contribution in [-0.4, -0.2) is 42.0 Å². The molecule has 0 aromatic carbocycles. The number of halogens is 1. The zero-order valence-corrected chi connectivity index (χ0v) is 12.4. The van der Waals surface area contributed by atoms with E-state index >= 15 is 0 Å². The van der Waals surface area contributed by atoms with E-state index < -0.39 is 18.8 Å². The van der Waals surface area contributed by atoms with E-state index in [9.17, 15) is 14.0 Å². The first kappa shape index (κ1) is 15.3. The Bertz CT molecular complexity index is 367. The van der Waals surface area contributed by atoms with Crippen LogP contribution in [0, 0.1) is 11.8 Å². The summed E-state index contributed by atoms with van der Waals surface area (Å²) in [5.41, 5.74) is 0. The molecule has 2 atom stereocenters. The molecule has 0 radical (unpaired) electrons. The average Bonchev–Trinajstić information content (AvgIpc) is 2.43. The highest BCUT2D eigenvalue weighted by molar-refractivity contribution is 5.97. The number of nitrogens with zero attached hydrogens (tertiary/aromatic N) is 1. The van der Waals surface area contributed by atoms with Gasteiger partial charge in [-0.25, -0.2) is 4.39 Å². The lowest BCUT2D eigenvalue weighted by Crippen LogP contribution is -2.66. The van der Waals surface area contributed by atoms with Gasteiger partial charge >= 0.3 is 0 Å². The first-order valence-electron chi connectivity index (χ1n) is 7.73. The van der Waals surface area contributed by atoms with Gasteiger partial charge in [-0.3, -0.25) is 9.59 Å². The summed E-state index contributed by atoms with van der Waals surface area (Å²) in [6.45, 7) is 3.21. The maximum Gasteiger partial charge on any atom is 0.246 e. The second kappa shape index (κ2) is 6.55. The molecule has 1 aliphatic carbocycles. The summed E-state index contributed by atoms with van der Waals surface area (Å²) >= 11 is 0. The van der Waals surface area contributed by atoms with Crippen molar-refractivity contribution in [3.05, 3.63) is 0 Å². The Morgan fingerprint density at radius 1 is 1.25 bits per heavy atom. The van der Waals surface area contributed by atoms with Crippen LogP contribution in [0.15, 0.2) is 0 Å². The van der Waals surface area contributed by atoms with Crippen molar-refractivity contribution in [2.45, 2.75) is 58.0 Å². The van der Waals surface area contributed by atoms with Crippen LogP contribution in [0.3, 0.4) is 0 Å². The molecule has 0 aromatic rings. The minimum Gasteiger partial charge on any atom is -0.342 e. The predicted molar refractivity (Wildman–Crippen MR) is 74.8 cm³/mol. The molecule has 2 unspecified atom stereocenters. The van der Waals surface area contributed by atoms with Gasteiger partial charge in [0.25, 0.3) is 0 Å². The largest absolute Gasteiger partial charge is 0.342 e. The minimum atomic E-state index is -0.598. The predicted octanol–water partition coefficient (Wildman–Crippen LogP) is 1.89. The van der Waals surface area contributed by atoms with Crippen molar-refractivity contribution >= 4 is 11.8 Å². The standard InChI is InChI=1S/C15H25FN2O2/c1-10(2)13-14(19)17-12(11-6-4-3-5-7-11)15(20)18(13)9-8-16/h10-13H,3-9H2,1-2H3,(H,17,19). The van der Waals surface area contributed by atoms with Crippen molar-refractivity contribution in [1.29, 1.82) is 0 Å². The summed E-state index contributed by atoms with van der Waals surface area (Å²) in [6, 6.07) is -0.970. The van der Waals surface area contributed by atoms with Gasteiger partial charge in [-0.1, -0.05) is 33.1 Å².